The number of morpholine rings is 1. The number of nitrogens with zero attached hydrogens (tertiary/aromatic N) is 7. The number of rotatable bonds is 6. The molecule has 0 N–H and O–H groups in total. The van der Waals surface area contributed by atoms with Crippen molar-refractivity contribution in [2.45, 2.75) is 32.4 Å². The molecule has 0 unspecified atom stereocenters. The SMILES string of the molecule is Cc1cc(N(C)C)nc([C@H]2COCCN2C(=O)CCCn2cncn2)n1. The van der Waals surface area contributed by atoms with Crippen LogP contribution in [-0.2, 0) is 16.1 Å². The summed E-state index contributed by atoms with van der Waals surface area (Å²) in [5, 5.41) is 4.06. The Kier molecular flexibility index (Phi) is 5.77. The van der Waals surface area contributed by atoms with Gasteiger partial charge in [-0.1, -0.05) is 0 Å². The van der Waals surface area contributed by atoms with Gasteiger partial charge in [-0.25, -0.2) is 15.0 Å². The maximum atomic E-state index is 12.8. The third kappa shape index (κ3) is 4.34. The average Bonchev–Trinajstić information content (AvgIpc) is 3.14. The lowest BCUT2D eigenvalue weighted by Crippen LogP contribution is -2.44. The van der Waals surface area contributed by atoms with Gasteiger partial charge >= 0.3 is 0 Å². The zero-order valence-electron chi connectivity index (χ0n) is 15.5. The third-order valence-corrected chi connectivity index (χ3v) is 4.31. The van der Waals surface area contributed by atoms with E-state index in [9.17, 15) is 4.79 Å². The summed E-state index contributed by atoms with van der Waals surface area (Å²) in [5.41, 5.74) is 0.878. The molecule has 0 aliphatic carbocycles. The summed E-state index contributed by atoms with van der Waals surface area (Å²) < 4.78 is 7.34. The molecule has 0 spiro atoms. The summed E-state index contributed by atoms with van der Waals surface area (Å²) in [6.07, 6.45) is 4.31. The van der Waals surface area contributed by atoms with E-state index in [2.05, 4.69) is 20.1 Å². The molecule has 2 aromatic rings. The molecule has 26 heavy (non-hydrogen) atoms. The number of hydrogen-bond donors (Lipinski definition) is 0. The summed E-state index contributed by atoms with van der Waals surface area (Å²) in [7, 11) is 3.88. The van der Waals surface area contributed by atoms with Gasteiger partial charge < -0.3 is 14.5 Å². The quantitative estimate of drug-likeness (QED) is 0.754. The van der Waals surface area contributed by atoms with Crippen LogP contribution in [0.1, 0.15) is 30.4 Å². The number of ether oxygens (including phenoxy) is 1. The maximum absolute atomic E-state index is 12.8. The van der Waals surface area contributed by atoms with E-state index in [0.29, 0.717) is 45.0 Å². The molecule has 1 saturated heterocycles. The van der Waals surface area contributed by atoms with Crippen molar-refractivity contribution in [2.75, 3.05) is 38.8 Å². The molecule has 0 bridgehead atoms. The highest BCUT2D eigenvalue weighted by Gasteiger charge is 2.30. The highest BCUT2D eigenvalue weighted by atomic mass is 16.5. The molecule has 3 heterocycles. The van der Waals surface area contributed by atoms with Gasteiger partial charge in [0.25, 0.3) is 0 Å². The molecule has 0 saturated carbocycles. The van der Waals surface area contributed by atoms with E-state index >= 15 is 0 Å². The Balaban J connectivity index is 1.70. The molecule has 3 rings (SSSR count). The van der Waals surface area contributed by atoms with E-state index in [4.69, 9.17) is 4.74 Å². The van der Waals surface area contributed by atoms with Gasteiger partial charge in [0.2, 0.25) is 5.91 Å². The second-order valence-corrected chi connectivity index (χ2v) is 6.56. The molecular formula is C17H25N7O2. The highest BCUT2D eigenvalue weighted by molar-refractivity contribution is 5.76. The number of hydrogen-bond acceptors (Lipinski definition) is 7. The first-order valence-electron chi connectivity index (χ1n) is 8.77. The van der Waals surface area contributed by atoms with Gasteiger partial charge in [-0.05, 0) is 13.3 Å². The maximum Gasteiger partial charge on any atom is 0.223 e. The molecular weight excluding hydrogens is 334 g/mol. The lowest BCUT2D eigenvalue weighted by Gasteiger charge is -2.35. The van der Waals surface area contributed by atoms with Gasteiger partial charge in [0.1, 0.15) is 24.5 Å². The normalized spacial score (nSPS) is 17.3. The molecule has 9 nitrogen and oxygen atoms in total. The fourth-order valence-corrected chi connectivity index (χ4v) is 2.95. The molecule has 1 aliphatic heterocycles. The van der Waals surface area contributed by atoms with E-state index < -0.39 is 0 Å². The average molecular weight is 359 g/mol. The summed E-state index contributed by atoms with van der Waals surface area (Å²) in [5.74, 6) is 1.56. The van der Waals surface area contributed by atoms with Crippen molar-refractivity contribution in [3.05, 3.63) is 30.2 Å². The molecule has 1 atom stereocenters. The standard InChI is InChI=1S/C17H25N7O2/c1-13-9-15(22(2)3)21-17(20-13)14-10-26-8-7-24(14)16(25)5-4-6-23-12-18-11-19-23/h9,11-12,14H,4-8,10H2,1-3H3/t14-/m1/s1. The summed E-state index contributed by atoms with van der Waals surface area (Å²) >= 11 is 0. The van der Waals surface area contributed by atoms with Crippen molar-refractivity contribution in [1.29, 1.82) is 0 Å². The highest BCUT2D eigenvalue weighted by Crippen LogP contribution is 2.24. The van der Waals surface area contributed by atoms with E-state index in [0.717, 1.165) is 11.5 Å². The van der Waals surface area contributed by atoms with Crippen LogP contribution in [0.4, 0.5) is 5.82 Å². The van der Waals surface area contributed by atoms with Crippen molar-refractivity contribution >= 4 is 11.7 Å². The van der Waals surface area contributed by atoms with Crippen LogP contribution in [0.5, 0.6) is 0 Å². The summed E-state index contributed by atoms with van der Waals surface area (Å²) in [4.78, 5) is 29.7. The van der Waals surface area contributed by atoms with E-state index in [1.807, 2.05) is 36.9 Å². The second-order valence-electron chi connectivity index (χ2n) is 6.56. The Hall–Kier alpha value is -2.55. The summed E-state index contributed by atoms with van der Waals surface area (Å²) in [6, 6.07) is 1.68. The molecule has 1 aliphatic rings. The van der Waals surface area contributed by atoms with Crippen LogP contribution in [-0.4, -0.2) is 69.4 Å². The van der Waals surface area contributed by atoms with Gasteiger partial charge in [0, 0.05) is 45.4 Å². The number of amides is 1. The predicted octanol–water partition coefficient (Wildman–Crippen LogP) is 0.823. The first kappa shape index (κ1) is 18.2. The topological polar surface area (TPSA) is 89.3 Å². The predicted molar refractivity (Wildman–Crippen MR) is 95.6 cm³/mol. The van der Waals surface area contributed by atoms with Gasteiger partial charge in [0.05, 0.1) is 13.2 Å². The number of aryl methyl sites for hydroxylation is 2. The van der Waals surface area contributed by atoms with Crippen molar-refractivity contribution in [2.24, 2.45) is 0 Å². The van der Waals surface area contributed by atoms with E-state index in [1.165, 1.54) is 6.33 Å². The molecule has 1 amide bonds. The monoisotopic (exact) mass is 359 g/mol. The first-order chi connectivity index (χ1) is 12.5. The molecule has 9 heteroatoms. The third-order valence-electron chi connectivity index (χ3n) is 4.31. The Bertz CT molecular complexity index is 733. The molecule has 2 aromatic heterocycles. The van der Waals surface area contributed by atoms with E-state index in [1.54, 1.807) is 11.0 Å². The number of aromatic nitrogens is 5. The Morgan fingerprint density at radius 3 is 2.96 bits per heavy atom. The minimum absolute atomic E-state index is 0.0925. The van der Waals surface area contributed by atoms with Gasteiger partial charge in [-0.2, -0.15) is 5.10 Å². The molecule has 140 valence electrons. The van der Waals surface area contributed by atoms with Gasteiger partial charge in [0.15, 0.2) is 5.82 Å². The van der Waals surface area contributed by atoms with Crippen molar-refractivity contribution in [1.82, 2.24) is 29.6 Å². The lowest BCUT2D eigenvalue weighted by molar-refractivity contribution is -0.140. The van der Waals surface area contributed by atoms with Crippen molar-refractivity contribution in [3.63, 3.8) is 0 Å². The zero-order chi connectivity index (χ0) is 18.5. The molecule has 0 aromatic carbocycles. The number of anilines is 1. The second kappa shape index (κ2) is 8.22. The Morgan fingerprint density at radius 1 is 1.38 bits per heavy atom. The van der Waals surface area contributed by atoms with Crippen LogP contribution in [0.2, 0.25) is 0 Å². The number of carbonyl (C=O) groups is 1. The van der Waals surface area contributed by atoms with E-state index in [-0.39, 0.29) is 11.9 Å². The van der Waals surface area contributed by atoms with Crippen LogP contribution < -0.4 is 4.90 Å². The smallest absolute Gasteiger partial charge is 0.223 e. The zero-order valence-corrected chi connectivity index (χ0v) is 15.5. The van der Waals surface area contributed by atoms with Crippen molar-refractivity contribution in [3.8, 4) is 0 Å². The Morgan fingerprint density at radius 2 is 2.23 bits per heavy atom. The number of carbonyl (C=O) groups excluding carboxylic acids is 1. The van der Waals surface area contributed by atoms with Gasteiger partial charge in [-0.15, -0.1) is 0 Å². The lowest BCUT2D eigenvalue weighted by atomic mass is 10.1. The fraction of sp³-hybridized carbons (Fsp3) is 0.588. The largest absolute Gasteiger partial charge is 0.377 e. The van der Waals surface area contributed by atoms with Crippen LogP contribution in [0, 0.1) is 6.92 Å². The van der Waals surface area contributed by atoms with Crippen LogP contribution in [0.3, 0.4) is 0 Å². The van der Waals surface area contributed by atoms with Crippen LogP contribution in [0.25, 0.3) is 0 Å². The van der Waals surface area contributed by atoms with Crippen molar-refractivity contribution < 1.29 is 9.53 Å². The summed E-state index contributed by atoms with van der Waals surface area (Å²) in [6.45, 7) is 4.13. The molecule has 1 fully saturated rings. The van der Waals surface area contributed by atoms with Gasteiger partial charge in [-0.3, -0.25) is 9.48 Å². The first-order valence-corrected chi connectivity index (χ1v) is 8.77. The fourth-order valence-electron chi connectivity index (χ4n) is 2.95. The van der Waals surface area contributed by atoms with Crippen LogP contribution in [0.15, 0.2) is 18.7 Å². The Labute approximate surface area is 153 Å². The minimum Gasteiger partial charge on any atom is -0.377 e. The van der Waals surface area contributed by atoms with Crippen LogP contribution >= 0.6 is 0 Å². The molecule has 0 radical (unpaired) electrons. The minimum atomic E-state index is -0.249.